The van der Waals surface area contributed by atoms with Crippen LogP contribution in [0.5, 0.6) is 0 Å². The smallest absolute Gasteiger partial charge is 0.264 e. The molecule has 0 aromatic heterocycles. The Kier molecular flexibility index (Phi) is 11.1. The summed E-state index contributed by atoms with van der Waals surface area (Å²) in [6, 6.07) is 30.9. The van der Waals surface area contributed by atoms with Crippen LogP contribution < -0.4 is 9.62 Å². The molecule has 7 nitrogen and oxygen atoms in total. The van der Waals surface area contributed by atoms with Gasteiger partial charge in [0.05, 0.1) is 10.6 Å². The van der Waals surface area contributed by atoms with Gasteiger partial charge < -0.3 is 10.2 Å². The van der Waals surface area contributed by atoms with Gasteiger partial charge in [-0.15, -0.1) is 0 Å². The number of rotatable bonds is 12. The fourth-order valence-corrected chi connectivity index (χ4v) is 7.49. The standard InChI is InChI=1S/C37H40ClN3O4S/c1-28-13-11-12-16-30(28)26-40(35(25-29-14-5-2-6-15-29)37(43)39-32-17-7-3-8-18-32)36(42)27-41(33-23-21-31(38)22-24-33)46(44,45)34-19-9-4-10-20-34/h2,4-6,9-16,19-24,32,35H,3,7-8,17-18,25-27H2,1H3,(H,39,43)/t35-/m1/s1. The van der Waals surface area contributed by atoms with E-state index in [2.05, 4.69) is 5.32 Å². The number of benzene rings is 4. The van der Waals surface area contributed by atoms with Crippen LogP contribution in [0.15, 0.2) is 114 Å². The summed E-state index contributed by atoms with van der Waals surface area (Å²) >= 11 is 6.15. The van der Waals surface area contributed by atoms with Gasteiger partial charge in [-0.25, -0.2) is 8.42 Å². The van der Waals surface area contributed by atoms with Crippen molar-refractivity contribution in [1.82, 2.24) is 10.2 Å². The van der Waals surface area contributed by atoms with Gasteiger partial charge in [0.15, 0.2) is 0 Å². The topological polar surface area (TPSA) is 86.8 Å². The SMILES string of the molecule is Cc1ccccc1CN(C(=O)CN(c1ccc(Cl)cc1)S(=O)(=O)c1ccccc1)[C@H](Cc1ccccc1)C(=O)NC1CCCCC1. The van der Waals surface area contributed by atoms with Crippen LogP contribution in [0.25, 0.3) is 0 Å². The lowest BCUT2D eigenvalue weighted by Crippen LogP contribution is -2.55. The molecule has 2 amide bonds. The molecule has 1 atom stereocenters. The first-order valence-electron chi connectivity index (χ1n) is 15.7. The lowest BCUT2D eigenvalue weighted by molar-refractivity contribution is -0.140. The maximum Gasteiger partial charge on any atom is 0.264 e. The summed E-state index contributed by atoms with van der Waals surface area (Å²) in [4.78, 5) is 30.4. The molecular weight excluding hydrogens is 618 g/mol. The fraction of sp³-hybridized carbons (Fsp3) is 0.297. The van der Waals surface area contributed by atoms with Gasteiger partial charge in [-0.3, -0.25) is 13.9 Å². The molecule has 1 saturated carbocycles. The van der Waals surface area contributed by atoms with Crippen molar-refractivity contribution in [1.29, 1.82) is 0 Å². The van der Waals surface area contributed by atoms with Crippen LogP contribution >= 0.6 is 11.6 Å². The van der Waals surface area contributed by atoms with Gasteiger partial charge in [-0.1, -0.05) is 104 Å². The van der Waals surface area contributed by atoms with Crippen LogP contribution in [0.1, 0.15) is 48.8 Å². The van der Waals surface area contributed by atoms with Crippen LogP contribution in [0, 0.1) is 6.92 Å². The quantitative estimate of drug-likeness (QED) is 0.179. The molecule has 240 valence electrons. The number of sulfonamides is 1. The summed E-state index contributed by atoms with van der Waals surface area (Å²) in [5, 5.41) is 3.68. The van der Waals surface area contributed by atoms with Crippen LogP contribution in [0.3, 0.4) is 0 Å². The molecule has 0 spiro atoms. The van der Waals surface area contributed by atoms with E-state index in [-0.39, 0.29) is 29.8 Å². The summed E-state index contributed by atoms with van der Waals surface area (Å²) in [6.07, 6.45) is 5.32. The number of anilines is 1. The van der Waals surface area contributed by atoms with Gasteiger partial charge >= 0.3 is 0 Å². The molecular formula is C37H40ClN3O4S. The number of hydrogen-bond donors (Lipinski definition) is 1. The summed E-state index contributed by atoms with van der Waals surface area (Å²) in [7, 11) is -4.16. The van der Waals surface area contributed by atoms with E-state index in [1.54, 1.807) is 47.4 Å². The Morgan fingerprint density at radius 1 is 0.826 bits per heavy atom. The molecule has 0 heterocycles. The third-order valence-corrected chi connectivity index (χ3v) is 10.6. The Morgan fingerprint density at radius 2 is 1.43 bits per heavy atom. The molecule has 1 aliphatic rings. The van der Waals surface area contributed by atoms with Crippen molar-refractivity contribution >= 4 is 39.1 Å². The molecule has 4 aromatic carbocycles. The van der Waals surface area contributed by atoms with Crippen molar-refractivity contribution in [2.45, 2.75) is 69.0 Å². The number of nitrogens with zero attached hydrogens (tertiary/aromatic N) is 2. The van der Waals surface area contributed by atoms with E-state index in [1.807, 2.05) is 61.5 Å². The first-order valence-corrected chi connectivity index (χ1v) is 17.6. The minimum Gasteiger partial charge on any atom is -0.352 e. The van der Waals surface area contributed by atoms with Crippen molar-refractivity contribution < 1.29 is 18.0 Å². The number of hydrogen-bond acceptors (Lipinski definition) is 4. The predicted molar refractivity (Wildman–Crippen MR) is 183 cm³/mol. The summed E-state index contributed by atoms with van der Waals surface area (Å²) in [6.45, 7) is 1.60. The zero-order valence-electron chi connectivity index (χ0n) is 26.0. The van der Waals surface area contributed by atoms with Crippen LogP contribution in [0.2, 0.25) is 5.02 Å². The van der Waals surface area contributed by atoms with Crippen molar-refractivity contribution in [2.24, 2.45) is 0 Å². The molecule has 1 N–H and O–H groups in total. The number of amides is 2. The van der Waals surface area contributed by atoms with Gasteiger partial charge in [-0.05, 0) is 72.9 Å². The van der Waals surface area contributed by atoms with E-state index in [4.69, 9.17) is 11.6 Å². The molecule has 0 radical (unpaired) electrons. The van der Waals surface area contributed by atoms with E-state index in [1.165, 1.54) is 12.1 Å². The van der Waals surface area contributed by atoms with Crippen molar-refractivity contribution in [3.63, 3.8) is 0 Å². The average molecular weight is 658 g/mol. The highest BCUT2D eigenvalue weighted by atomic mass is 35.5. The second-order valence-corrected chi connectivity index (χ2v) is 14.1. The van der Waals surface area contributed by atoms with Crippen molar-refractivity contribution in [3.8, 4) is 0 Å². The van der Waals surface area contributed by atoms with Gasteiger partial charge in [0.1, 0.15) is 12.6 Å². The van der Waals surface area contributed by atoms with Crippen LogP contribution in [0.4, 0.5) is 5.69 Å². The molecule has 1 fully saturated rings. The Balaban J connectivity index is 1.56. The molecule has 4 aromatic rings. The monoisotopic (exact) mass is 657 g/mol. The van der Waals surface area contributed by atoms with E-state index in [0.29, 0.717) is 10.7 Å². The molecule has 0 bridgehead atoms. The predicted octanol–water partition coefficient (Wildman–Crippen LogP) is 6.93. The van der Waals surface area contributed by atoms with Crippen LogP contribution in [-0.4, -0.2) is 43.8 Å². The van der Waals surface area contributed by atoms with E-state index < -0.39 is 28.5 Å². The molecule has 0 saturated heterocycles. The third-order valence-electron chi connectivity index (χ3n) is 8.55. The molecule has 0 unspecified atom stereocenters. The molecule has 1 aliphatic carbocycles. The number of nitrogens with one attached hydrogen (secondary N) is 1. The second kappa shape index (κ2) is 15.4. The lowest BCUT2D eigenvalue weighted by atomic mass is 9.94. The number of halogens is 1. The minimum atomic E-state index is -4.16. The molecule has 5 rings (SSSR count). The maximum atomic E-state index is 14.6. The number of carbonyl (C=O) groups excluding carboxylic acids is 2. The average Bonchev–Trinajstić information content (AvgIpc) is 3.07. The van der Waals surface area contributed by atoms with Gasteiger partial charge in [0.25, 0.3) is 10.0 Å². The Morgan fingerprint density at radius 3 is 2.09 bits per heavy atom. The highest BCUT2D eigenvalue weighted by Crippen LogP contribution is 2.27. The largest absolute Gasteiger partial charge is 0.352 e. The fourth-order valence-electron chi connectivity index (χ4n) is 5.93. The Bertz CT molecular complexity index is 1710. The van der Waals surface area contributed by atoms with Gasteiger partial charge in [-0.2, -0.15) is 0 Å². The Labute approximate surface area is 277 Å². The third kappa shape index (κ3) is 8.36. The van der Waals surface area contributed by atoms with Gasteiger partial charge in [0, 0.05) is 24.0 Å². The lowest BCUT2D eigenvalue weighted by Gasteiger charge is -2.35. The molecule has 0 aliphatic heterocycles. The molecule has 9 heteroatoms. The highest BCUT2D eigenvalue weighted by molar-refractivity contribution is 7.92. The number of aryl methyl sites for hydroxylation is 1. The van der Waals surface area contributed by atoms with Crippen molar-refractivity contribution in [3.05, 3.63) is 131 Å². The maximum absolute atomic E-state index is 14.6. The normalized spacial score (nSPS) is 14.3. The minimum absolute atomic E-state index is 0.0407. The first-order chi connectivity index (χ1) is 22.2. The summed E-state index contributed by atoms with van der Waals surface area (Å²) in [5.41, 5.74) is 3.05. The molecule has 46 heavy (non-hydrogen) atoms. The number of carbonyl (C=O) groups is 2. The highest BCUT2D eigenvalue weighted by Gasteiger charge is 2.35. The summed E-state index contributed by atoms with van der Waals surface area (Å²) in [5.74, 6) is -0.723. The van der Waals surface area contributed by atoms with E-state index in [9.17, 15) is 18.0 Å². The second-order valence-electron chi connectivity index (χ2n) is 11.8. The van der Waals surface area contributed by atoms with Crippen LogP contribution in [-0.2, 0) is 32.6 Å². The van der Waals surface area contributed by atoms with E-state index in [0.717, 1.165) is 53.1 Å². The zero-order valence-corrected chi connectivity index (χ0v) is 27.6. The van der Waals surface area contributed by atoms with Gasteiger partial charge in [0.2, 0.25) is 11.8 Å². The first kappa shape index (κ1) is 33.2. The van der Waals surface area contributed by atoms with E-state index >= 15 is 0 Å². The zero-order chi connectivity index (χ0) is 32.5. The Hall–Kier alpha value is -4.14. The van der Waals surface area contributed by atoms with Crippen molar-refractivity contribution in [2.75, 3.05) is 10.8 Å². The summed E-state index contributed by atoms with van der Waals surface area (Å²) < 4.78 is 29.3.